The highest BCUT2D eigenvalue weighted by Gasteiger charge is 2.29. The molecular formula is C15H19FN2O2. The number of halogens is 1. The Morgan fingerprint density at radius 2 is 2.15 bits per heavy atom. The lowest BCUT2D eigenvalue weighted by Crippen LogP contribution is -2.42. The van der Waals surface area contributed by atoms with Gasteiger partial charge in [-0.2, -0.15) is 0 Å². The standard InChI is InChI=1S/C12H13FN2O2.C3H6/c13-9-5-1-2-6-10(9)15-12(17)8-4-3-7-14-11(8)16;1-3-2/h1-2,5-6,8H,3-4,7H2,(H,14,16)(H,15,17);3H,1H2,2H3/t8-;/m1./s1. The van der Waals surface area contributed by atoms with Gasteiger partial charge in [0.25, 0.3) is 0 Å². The number of hydrogen-bond acceptors (Lipinski definition) is 2. The summed E-state index contributed by atoms with van der Waals surface area (Å²) in [6, 6.07) is 5.89. The first-order valence-electron chi connectivity index (χ1n) is 6.50. The van der Waals surface area contributed by atoms with Crippen molar-refractivity contribution in [3.63, 3.8) is 0 Å². The monoisotopic (exact) mass is 278 g/mol. The fourth-order valence-corrected chi connectivity index (χ4v) is 1.80. The van der Waals surface area contributed by atoms with E-state index in [0.29, 0.717) is 13.0 Å². The summed E-state index contributed by atoms with van der Waals surface area (Å²) in [6.45, 7) is 5.85. The van der Waals surface area contributed by atoms with Crippen molar-refractivity contribution in [2.24, 2.45) is 5.92 Å². The summed E-state index contributed by atoms with van der Waals surface area (Å²) >= 11 is 0. The van der Waals surface area contributed by atoms with Gasteiger partial charge in [0.15, 0.2) is 0 Å². The quantitative estimate of drug-likeness (QED) is 0.645. The number of benzene rings is 1. The highest BCUT2D eigenvalue weighted by atomic mass is 19.1. The Labute approximate surface area is 118 Å². The molecule has 20 heavy (non-hydrogen) atoms. The van der Waals surface area contributed by atoms with Crippen molar-refractivity contribution in [2.75, 3.05) is 11.9 Å². The van der Waals surface area contributed by atoms with E-state index < -0.39 is 17.6 Å². The molecule has 1 aromatic rings. The van der Waals surface area contributed by atoms with Gasteiger partial charge in [-0.15, -0.1) is 6.58 Å². The molecule has 1 aromatic carbocycles. The molecular weight excluding hydrogens is 259 g/mol. The number of hydrogen-bond donors (Lipinski definition) is 2. The van der Waals surface area contributed by atoms with Crippen molar-refractivity contribution in [3.8, 4) is 0 Å². The van der Waals surface area contributed by atoms with E-state index in [1.807, 2.05) is 6.92 Å². The molecule has 2 N–H and O–H groups in total. The maximum Gasteiger partial charge on any atom is 0.237 e. The van der Waals surface area contributed by atoms with Crippen molar-refractivity contribution in [1.82, 2.24) is 5.32 Å². The number of amides is 2. The van der Waals surface area contributed by atoms with E-state index >= 15 is 0 Å². The molecule has 1 aliphatic rings. The summed E-state index contributed by atoms with van der Waals surface area (Å²) in [5, 5.41) is 5.06. The molecule has 0 radical (unpaired) electrons. The van der Waals surface area contributed by atoms with Gasteiger partial charge < -0.3 is 10.6 Å². The number of nitrogens with one attached hydrogen (secondary N) is 2. The van der Waals surface area contributed by atoms with Gasteiger partial charge in [0.1, 0.15) is 11.7 Å². The first-order valence-corrected chi connectivity index (χ1v) is 6.50. The molecule has 0 unspecified atom stereocenters. The van der Waals surface area contributed by atoms with Crippen LogP contribution in [0.3, 0.4) is 0 Å². The number of piperidine rings is 1. The molecule has 0 saturated carbocycles. The van der Waals surface area contributed by atoms with Crippen molar-refractivity contribution in [1.29, 1.82) is 0 Å². The minimum Gasteiger partial charge on any atom is -0.355 e. The third-order valence-corrected chi connectivity index (χ3v) is 2.73. The average molecular weight is 278 g/mol. The Balaban J connectivity index is 0.000000612. The topological polar surface area (TPSA) is 58.2 Å². The van der Waals surface area contributed by atoms with Crippen LogP contribution in [0.2, 0.25) is 0 Å². The largest absolute Gasteiger partial charge is 0.355 e. The fourth-order valence-electron chi connectivity index (χ4n) is 1.80. The molecule has 0 aliphatic carbocycles. The molecule has 0 spiro atoms. The zero-order valence-corrected chi connectivity index (χ0v) is 11.5. The van der Waals surface area contributed by atoms with E-state index in [2.05, 4.69) is 17.2 Å². The van der Waals surface area contributed by atoms with Crippen LogP contribution in [0.25, 0.3) is 0 Å². The minimum atomic E-state index is -0.719. The SMILES string of the molecule is C=CC.O=C1NCCC[C@H]1C(=O)Nc1ccccc1F. The zero-order chi connectivity index (χ0) is 15.0. The lowest BCUT2D eigenvalue weighted by Gasteiger charge is -2.21. The minimum absolute atomic E-state index is 0.107. The van der Waals surface area contributed by atoms with Crippen molar-refractivity contribution < 1.29 is 14.0 Å². The van der Waals surface area contributed by atoms with Crippen LogP contribution < -0.4 is 10.6 Å². The fraction of sp³-hybridized carbons (Fsp3) is 0.333. The van der Waals surface area contributed by atoms with Gasteiger partial charge in [-0.3, -0.25) is 9.59 Å². The van der Waals surface area contributed by atoms with Gasteiger partial charge in [-0.1, -0.05) is 18.2 Å². The van der Waals surface area contributed by atoms with Crippen LogP contribution in [0.1, 0.15) is 19.8 Å². The second-order valence-corrected chi connectivity index (χ2v) is 4.36. The summed E-state index contributed by atoms with van der Waals surface area (Å²) in [5.74, 6) is -1.96. The third-order valence-electron chi connectivity index (χ3n) is 2.73. The normalized spacial score (nSPS) is 17.3. The Hall–Kier alpha value is -2.17. The van der Waals surface area contributed by atoms with Gasteiger partial charge in [-0.25, -0.2) is 4.39 Å². The van der Waals surface area contributed by atoms with E-state index in [9.17, 15) is 14.0 Å². The van der Waals surface area contributed by atoms with Crippen molar-refractivity contribution >= 4 is 17.5 Å². The smallest absolute Gasteiger partial charge is 0.237 e. The van der Waals surface area contributed by atoms with Crippen molar-refractivity contribution in [2.45, 2.75) is 19.8 Å². The van der Waals surface area contributed by atoms with Gasteiger partial charge in [-0.05, 0) is 31.9 Å². The van der Waals surface area contributed by atoms with Crippen LogP contribution in [-0.2, 0) is 9.59 Å². The van der Waals surface area contributed by atoms with Crippen LogP contribution in [0.15, 0.2) is 36.9 Å². The van der Waals surface area contributed by atoms with E-state index in [-0.39, 0.29) is 11.6 Å². The van der Waals surface area contributed by atoms with Gasteiger partial charge in [0.2, 0.25) is 11.8 Å². The molecule has 5 heteroatoms. The maximum atomic E-state index is 13.3. The molecule has 4 nitrogen and oxygen atoms in total. The number of carbonyl (C=O) groups is 2. The van der Waals surface area contributed by atoms with E-state index in [4.69, 9.17) is 0 Å². The Morgan fingerprint density at radius 1 is 1.50 bits per heavy atom. The number of rotatable bonds is 2. The van der Waals surface area contributed by atoms with Gasteiger partial charge in [0, 0.05) is 6.54 Å². The molecule has 0 bridgehead atoms. The molecule has 1 fully saturated rings. The molecule has 2 rings (SSSR count). The summed E-state index contributed by atoms with van der Waals surface area (Å²) in [7, 11) is 0. The molecule has 1 heterocycles. The van der Waals surface area contributed by atoms with Crippen LogP contribution >= 0.6 is 0 Å². The van der Waals surface area contributed by atoms with Gasteiger partial charge in [0.05, 0.1) is 5.69 Å². The molecule has 1 saturated heterocycles. The summed E-state index contributed by atoms with van der Waals surface area (Å²) in [4.78, 5) is 23.2. The third kappa shape index (κ3) is 4.50. The van der Waals surface area contributed by atoms with E-state index in [0.717, 1.165) is 6.42 Å². The first-order chi connectivity index (χ1) is 9.60. The lowest BCUT2D eigenvalue weighted by molar-refractivity contribution is -0.134. The lowest BCUT2D eigenvalue weighted by atomic mass is 9.98. The summed E-state index contributed by atoms with van der Waals surface area (Å²) < 4.78 is 13.3. The number of carbonyl (C=O) groups excluding carboxylic acids is 2. The number of allylic oxidation sites excluding steroid dienone is 1. The second-order valence-electron chi connectivity index (χ2n) is 4.36. The number of anilines is 1. The Bertz CT molecular complexity index is 489. The highest BCUT2D eigenvalue weighted by Crippen LogP contribution is 2.17. The maximum absolute atomic E-state index is 13.3. The Kier molecular flexibility index (Phi) is 6.43. The predicted octanol–water partition coefficient (Wildman–Crippen LogP) is 2.48. The number of para-hydroxylation sites is 1. The molecule has 0 aromatic heterocycles. The van der Waals surface area contributed by atoms with Crippen LogP contribution in [0.5, 0.6) is 0 Å². The summed E-state index contributed by atoms with van der Waals surface area (Å²) in [5.41, 5.74) is 0.107. The van der Waals surface area contributed by atoms with Crippen LogP contribution in [0, 0.1) is 11.7 Å². The van der Waals surface area contributed by atoms with Crippen molar-refractivity contribution in [3.05, 3.63) is 42.7 Å². The zero-order valence-electron chi connectivity index (χ0n) is 11.5. The molecule has 108 valence electrons. The summed E-state index contributed by atoms with van der Waals surface area (Å²) in [6.07, 6.45) is 3.02. The van der Waals surface area contributed by atoms with E-state index in [1.54, 1.807) is 12.1 Å². The van der Waals surface area contributed by atoms with Crippen LogP contribution in [0.4, 0.5) is 10.1 Å². The molecule has 2 amide bonds. The Morgan fingerprint density at radius 3 is 2.75 bits per heavy atom. The predicted molar refractivity (Wildman–Crippen MR) is 76.6 cm³/mol. The van der Waals surface area contributed by atoms with E-state index in [1.165, 1.54) is 18.2 Å². The highest BCUT2D eigenvalue weighted by molar-refractivity contribution is 6.06. The average Bonchev–Trinajstić information content (AvgIpc) is 2.42. The molecule has 1 atom stereocenters. The first kappa shape index (κ1) is 15.9. The second kappa shape index (κ2) is 8.09. The van der Waals surface area contributed by atoms with Crippen LogP contribution in [-0.4, -0.2) is 18.4 Å². The molecule has 1 aliphatic heterocycles. The van der Waals surface area contributed by atoms with Gasteiger partial charge >= 0.3 is 0 Å².